The highest BCUT2D eigenvalue weighted by molar-refractivity contribution is 9.11. The third kappa shape index (κ3) is 3.72. The fourth-order valence-electron chi connectivity index (χ4n) is 2.81. The lowest BCUT2D eigenvalue weighted by atomic mass is 10.1. The summed E-state index contributed by atoms with van der Waals surface area (Å²) in [5.41, 5.74) is 2.04. The second-order valence-corrected chi connectivity index (χ2v) is 7.55. The van der Waals surface area contributed by atoms with Crippen molar-refractivity contribution in [3.8, 4) is 0 Å². The second-order valence-electron chi connectivity index (χ2n) is 5.83. The number of nitro groups is 1. The molecule has 27 heavy (non-hydrogen) atoms. The molecular weight excluding hydrogens is 428 g/mol. The van der Waals surface area contributed by atoms with Crippen LogP contribution in [0, 0.1) is 10.1 Å². The molecule has 0 saturated carbocycles. The van der Waals surface area contributed by atoms with Crippen molar-refractivity contribution >= 4 is 45.2 Å². The molecule has 8 heteroatoms. The molecule has 0 N–H and O–H groups in total. The molecule has 4 rings (SSSR count). The molecule has 0 atom stereocenters. The Morgan fingerprint density at radius 3 is 2.78 bits per heavy atom. The first kappa shape index (κ1) is 17.7. The van der Waals surface area contributed by atoms with Crippen LogP contribution in [-0.4, -0.2) is 21.5 Å². The van der Waals surface area contributed by atoms with E-state index in [0.29, 0.717) is 17.3 Å². The maximum atomic E-state index is 11.2. The van der Waals surface area contributed by atoms with E-state index < -0.39 is 4.92 Å². The Hall–Kier alpha value is -2.71. The monoisotopic (exact) mass is 440 g/mol. The van der Waals surface area contributed by atoms with Crippen molar-refractivity contribution in [2.75, 3.05) is 0 Å². The predicted molar refractivity (Wildman–Crippen MR) is 111 cm³/mol. The molecule has 0 saturated heterocycles. The molecule has 6 nitrogen and oxygen atoms in total. The summed E-state index contributed by atoms with van der Waals surface area (Å²) in [6.07, 6.45) is 5.83. The number of rotatable bonds is 3. The van der Waals surface area contributed by atoms with Crippen molar-refractivity contribution in [2.24, 2.45) is 9.39 Å². The van der Waals surface area contributed by atoms with Gasteiger partial charge in [-0.25, -0.2) is 4.99 Å². The van der Waals surface area contributed by atoms with Gasteiger partial charge in [0.1, 0.15) is 10.7 Å². The first-order chi connectivity index (χ1) is 13.1. The quantitative estimate of drug-likeness (QED) is 0.379. The summed E-state index contributed by atoms with van der Waals surface area (Å²) in [6.45, 7) is 0.670. The zero-order valence-corrected chi connectivity index (χ0v) is 16.4. The highest BCUT2D eigenvalue weighted by atomic mass is 79.9. The fourth-order valence-corrected chi connectivity index (χ4v) is 3.89. The molecule has 0 unspecified atom stereocenters. The van der Waals surface area contributed by atoms with E-state index in [0.717, 1.165) is 33.4 Å². The maximum absolute atomic E-state index is 11.2. The van der Waals surface area contributed by atoms with E-state index in [2.05, 4.69) is 20.3 Å². The maximum Gasteiger partial charge on any atom is 0.284 e. The Labute approximate surface area is 168 Å². The number of para-hydroxylation sites is 1. The summed E-state index contributed by atoms with van der Waals surface area (Å²) in [6, 6.07) is 14.5. The molecule has 0 fully saturated rings. The van der Waals surface area contributed by atoms with Crippen LogP contribution in [0.5, 0.6) is 0 Å². The van der Waals surface area contributed by atoms with E-state index in [1.807, 2.05) is 47.5 Å². The molecule has 2 aliphatic rings. The second kappa shape index (κ2) is 7.50. The third-order valence-corrected chi connectivity index (χ3v) is 5.35. The van der Waals surface area contributed by atoms with Gasteiger partial charge in [0.25, 0.3) is 5.69 Å². The summed E-state index contributed by atoms with van der Waals surface area (Å²) < 4.78 is 5.52. The summed E-state index contributed by atoms with van der Waals surface area (Å²) in [5, 5.41) is 11.2. The number of hydrogen-bond acceptors (Lipinski definition) is 5. The lowest BCUT2D eigenvalue weighted by Gasteiger charge is -2.21. The summed E-state index contributed by atoms with van der Waals surface area (Å²) in [7, 11) is 0. The molecule has 2 aromatic carbocycles. The zero-order valence-electron chi connectivity index (χ0n) is 13.9. The van der Waals surface area contributed by atoms with Crippen LogP contribution < -0.4 is 0 Å². The summed E-state index contributed by atoms with van der Waals surface area (Å²) in [4.78, 5) is 18.1. The number of nitro benzene ring substituents is 1. The molecule has 0 radical (unpaired) electrons. The smallest absolute Gasteiger partial charge is 0.284 e. The van der Waals surface area contributed by atoms with Crippen LogP contribution >= 0.6 is 27.9 Å². The number of benzene rings is 2. The van der Waals surface area contributed by atoms with E-state index in [1.54, 1.807) is 18.2 Å². The van der Waals surface area contributed by atoms with E-state index >= 15 is 0 Å². The van der Waals surface area contributed by atoms with Gasteiger partial charge in [0.05, 0.1) is 4.92 Å². The van der Waals surface area contributed by atoms with Gasteiger partial charge in [-0.3, -0.25) is 10.1 Å². The normalized spacial score (nSPS) is 16.9. The molecule has 0 spiro atoms. The van der Waals surface area contributed by atoms with Gasteiger partial charge in [-0.2, -0.15) is 4.40 Å². The number of nitrogens with zero attached hydrogens (tertiary/aromatic N) is 4. The molecule has 0 aliphatic carbocycles. The number of amidine groups is 2. The molecule has 0 aromatic heterocycles. The Morgan fingerprint density at radius 1 is 1.15 bits per heavy atom. The van der Waals surface area contributed by atoms with Gasteiger partial charge in [-0.05, 0) is 39.7 Å². The lowest BCUT2D eigenvalue weighted by molar-refractivity contribution is -0.387. The first-order valence-electron chi connectivity index (χ1n) is 8.09. The Bertz CT molecular complexity index is 1050. The molecule has 2 aliphatic heterocycles. The average molecular weight is 441 g/mol. The molecule has 2 aromatic rings. The number of fused-ring (bicyclic) bond motifs is 2. The van der Waals surface area contributed by atoms with Crippen molar-refractivity contribution in [3.63, 3.8) is 0 Å². The zero-order chi connectivity index (χ0) is 18.8. The van der Waals surface area contributed by atoms with Gasteiger partial charge in [0.2, 0.25) is 0 Å². The highest BCUT2D eigenvalue weighted by Gasteiger charge is 2.21. The summed E-state index contributed by atoms with van der Waals surface area (Å²) >= 11 is 4.56. The van der Waals surface area contributed by atoms with Gasteiger partial charge in [-0.1, -0.05) is 36.4 Å². The minimum Gasteiger partial charge on any atom is -0.327 e. The largest absolute Gasteiger partial charge is 0.327 e. The fraction of sp³-hybridized carbons (Fsp3) is 0.0526. The van der Waals surface area contributed by atoms with Crippen LogP contribution in [0.1, 0.15) is 11.1 Å². The standard InChI is InChI=1S/C19H13BrN4O2S/c20-14-9-10-18-21-19(15-6-2-1-5-13(15)11-23(18)12-14)22-27-17-8-4-3-7-16(17)24(25)26/h1-10,12H,11H2/b22-19+. The number of halogens is 1. The molecule has 2 heterocycles. The molecular formula is C19H13BrN4O2S. The van der Waals surface area contributed by atoms with Crippen molar-refractivity contribution in [1.29, 1.82) is 0 Å². The van der Waals surface area contributed by atoms with Crippen LogP contribution in [0.15, 0.2) is 85.7 Å². The van der Waals surface area contributed by atoms with Crippen molar-refractivity contribution in [2.45, 2.75) is 11.4 Å². The van der Waals surface area contributed by atoms with E-state index in [9.17, 15) is 10.1 Å². The van der Waals surface area contributed by atoms with Crippen molar-refractivity contribution in [3.05, 3.63) is 92.6 Å². The Kier molecular flexibility index (Phi) is 4.91. The van der Waals surface area contributed by atoms with Crippen LogP contribution in [0.4, 0.5) is 5.69 Å². The van der Waals surface area contributed by atoms with Crippen LogP contribution in [0.3, 0.4) is 0 Å². The summed E-state index contributed by atoms with van der Waals surface area (Å²) in [5.74, 6) is 1.32. The predicted octanol–water partition coefficient (Wildman–Crippen LogP) is 5.07. The van der Waals surface area contributed by atoms with E-state index in [-0.39, 0.29) is 5.69 Å². The van der Waals surface area contributed by atoms with Crippen molar-refractivity contribution in [1.82, 2.24) is 4.90 Å². The topological polar surface area (TPSA) is 71.1 Å². The molecule has 0 amide bonds. The van der Waals surface area contributed by atoms with Crippen molar-refractivity contribution < 1.29 is 4.92 Å². The van der Waals surface area contributed by atoms with Gasteiger partial charge < -0.3 is 4.90 Å². The Balaban J connectivity index is 1.77. The lowest BCUT2D eigenvalue weighted by Crippen LogP contribution is -2.24. The number of allylic oxidation sites excluding steroid dienone is 2. The van der Waals surface area contributed by atoms with E-state index in [1.165, 1.54) is 6.07 Å². The molecule has 0 bridgehead atoms. The van der Waals surface area contributed by atoms with Crippen LogP contribution in [-0.2, 0) is 6.54 Å². The minimum atomic E-state index is -0.399. The number of aliphatic imine (C=N–C) groups is 1. The van der Waals surface area contributed by atoms with Crippen LogP contribution in [0.2, 0.25) is 0 Å². The SMILES string of the molecule is O=[N+]([O-])c1ccccc1S/N=C1/N=C2C=CC(Br)=CN2Cc2ccccc21. The average Bonchev–Trinajstić information content (AvgIpc) is 2.82. The van der Waals surface area contributed by atoms with Gasteiger partial charge >= 0.3 is 0 Å². The minimum absolute atomic E-state index is 0.0347. The number of hydrogen-bond donors (Lipinski definition) is 0. The van der Waals surface area contributed by atoms with Gasteiger partial charge in [0.15, 0.2) is 5.84 Å². The third-order valence-electron chi connectivity index (χ3n) is 4.08. The first-order valence-corrected chi connectivity index (χ1v) is 9.66. The molecule has 134 valence electrons. The van der Waals surface area contributed by atoms with Gasteiger partial charge in [-0.15, -0.1) is 0 Å². The van der Waals surface area contributed by atoms with Gasteiger partial charge in [0, 0.05) is 40.8 Å². The van der Waals surface area contributed by atoms with Crippen LogP contribution in [0.25, 0.3) is 0 Å². The highest BCUT2D eigenvalue weighted by Crippen LogP contribution is 2.31. The van der Waals surface area contributed by atoms with E-state index in [4.69, 9.17) is 4.99 Å². The Morgan fingerprint density at radius 2 is 1.93 bits per heavy atom.